The zero-order chi connectivity index (χ0) is 9.19. The lowest BCUT2D eigenvalue weighted by Gasteiger charge is -2.12. The topological polar surface area (TPSA) is 58.2 Å². The lowest BCUT2D eigenvalue weighted by atomic mass is 10.2. The van der Waals surface area contributed by atoms with Gasteiger partial charge in [-0.2, -0.15) is 0 Å². The summed E-state index contributed by atoms with van der Waals surface area (Å²) in [5.74, 6) is 0. The van der Waals surface area contributed by atoms with E-state index >= 15 is 0 Å². The molecule has 0 radical (unpaired) electrons. The molecular weight excluding hydrogens is 176 g/mol. The molecule has 0 unspecified atom stereocenters. The molecule has 0 aliphatic carbocycles. The van der Waals surface area contributed by atoms with Crippen LogP contribution in [0.5, 0.6) is 0 Å². The lowest BCUT2D eigenvalue weighted by molar-refractivity contribution is 0.595. The maximum atomic E-state index is 10.8. The first-order chi connectivity index (χ1) is 5.47. The van der Waals surface area contributed by atoms with Crippen LogP contribution in [0.4, 0.5) is 0 Å². The Morgan fingerprint density at radius 3 is 2.75 bits per heavy atom. The molecule has 0 aromatic heterocycles. The molecule has 12 heavy (non-hydrogen) atoms. The highest BCUT2D eigenvalue weighted by atomic mass is 32.2. The fourth-order valence-electron chi connectivity index (χ4n) is 0.953. The molecule has 1 aliphatic rings. The summed E-state index contributed by atoms with van der Waals surface area (Å²) in [5, 5.41) is 2.95. The average Bonchev–Trinajstić information content (AvgIpc) is 1.82. The van der Waals surface area contributed by atoms with Crippen molar-refractivity contribution in [2.24, 2.45) is 0 Å². The molecule has 0 aromatic carbocycles. The maximum Gasteiger partial charge on any atom is 0.229 e. The van der Waals surface area contributed by atoms with E-state index in [0.717, 1.165) is 18.4 Å². The molecule has 0 bridgehead atoms. The summed E-state index contributed by atoms with van der Waals surface area (Å²) in [5.41, 5.74) is 1.69. The third kappa shape index (κ3) is 2.96. The number of rotatable bonds is 2. The van der Waals surface area contributed by atoms with Gasteiger partial charge in [0, 0.05) is 12.7 Å². The summed E-state index contributed by atoms with van der Waals surface area (Å²) in [6.45, 7) is 2.71. The first-order valence-corrected chi connectivity index (χ1v) is 5.45. The Bertz CT molecular complexity index is 327. The molecule has 0 aromatic rings. The highest BCUT2D eigenvalue weighted by Gasteiger charge is 2.05. The molecular formula is C7H12N2O2S. The highest BCUT2D eigenvalue weighted by Crippen LogP contribution is 2.03. The molecule has 1 rings (SSSR count). The smallest absolute Gasteiger partial charge is 0.229 e. The van der Waals surface area contributed by atoms with Crippen molar-refractivity contribution in [1.82, 2.24) is 10.0 Å². The van der Waals surface area contributed by atoms with E-state index in [2.05, 4.69) is 10.0 Å². The molecule has 5 heteroatoms. The molecule has 2 N–H and O–H groups in total. The van der Waals surface area contributed by atoms with Crippen LogP contribution in [0.25, 0.3) is 0 Å². The number of allylic oxidation sites excluding steroid dienone is 1. The Morgan fingerprint density at radius 2 is 2.25 bits per heavy atom. The molecule has 4 nitrogen and oxygen atoms in total. The SMILES string of the molecule is CC1=CC(NS(C)(=O)=O)=CNC1. The summed E-state index contributed by atoms with van der Waals surface area (Å²) < 4.78 is 24.0. The van der Waals surface area contributed by atoms with Crippen molar-refractivity contribution in [3.63, 3.8) is 0 Å². The summed E-state index contributed by atoms with van der Waals surface area (Å²) in [4.78, 5) is 0. The van der Waals surface area contributed by atoms with Gasteiger partial charge >= 0.3 is 0 Å². The second-order valence-corrected chi connectivity index (χ2v) is 4.59. The Balaban J connectivity index is 2.72. The third-order valence-corrected chi connectivity index (χ3v) is 1.95. The standard InChI is InChI=1S/C7H12N2O2S/c1-6-3-7(5-8-4-6)9-12(2,10)11/h3,5,8-9H,4H2,1-2H3. The Morgan fingerprint density at radius 1 is 1.58 bits per heavy atom. The Kier molecular flexibility index (Phi) is 2.42. The van der Waals surface area contributed by atoms with Gasteiger partial charge in [0.1, 0.15) is 0 Å². The maximum absolute atomic E-state index is 10.8. The Labute approximate surface area is 72.4 Å². The van der Waals surface area contributed by atoms with Crippen molar-refractivity contribution in [3.05, 3.63) is 23.5 Å². The van der Waals surface area contributed by atoms with E-state index in [1.165, 1.54) is 0 Å². The summed E-state index contributed by atoms with van der Waals surface area (Å²) in [6.07, 6.45) is 4.58. The second kappa shape index (κ2) is 3.18. The van der Waals surface area contributed by atoms with Gasteiger partial charge in [0.25, 0.3) is 0 Å². The van der Waals surface area contributed by atoms with Crippen LogP contribution in [0.15, 0.2) is 23.5 Å². The van der Waals surface area contributed by atoms with E-state index in [9.17, 15) is 8.42 Å². The van der Waals surface area contributed by atoms with E-state index in [-0.39, 0.29) is 0 Å². The summed E-state index contributed by atoms with van der Waals surface area (Å²) in [6, 6.07) is 0. The first kappa shape index (κ1) is 9.12. The molecule has 68 valence electrons. The summed E-state index contributed by atoms with van der Waals surface area (Å²) in [7, 11) is -3.15. The van der Waals surface area contributed by atoms with E-state index < -0.39 is 10.0 Å². The highest BCUT2D eigenvalue weighted by molar-refractivity contribution is 7.88. The minimum atomic E-state index is -3.15. The van der Waals surface area contributed by atoms with Crippen LogP contribution in [0.1, 0.15) is 6.92 Å². The molecule has 0 amide bonds. The van der Waals surface area contributed by atoms with Crippen molar-refractivity contribution in [3.8, 4) is 0 Å². The molecule has 0 saturated carbocycles. The zero-order valence-corrected chi connectivity index (χ0v) is 7.90. The predicted octanol–water partition coefficient (Wildman–Crippen LogP) is -0.0735. The lowest BCUT2D eigenvalue weighted by Crippen LogP contribution is -2.25. The van der Waals surface area contributed by atoms with Crippen LogP contribution >= 0.6 is 0 Å². The minimum Gasteiger partial charge on any atom is -0.385 e. The van der Waals surface area contributed by atoms with Gasteiger partial charge in [0.05, 0.1) is 12.0 Å². The van der Waals surface area contributed by atoms with Crippen LogP contribution in [0, 0.1) is 0 Å². The normalized spacial score (nSPS) is 17.5. The molecule has 0 fully saturated rings. The van der Waals surface area contributed by atoms with Crippen molar-refractivity contribution >= 4 is 10.0 Å². The summed E-state index contributed by atoms with van der Waals surface area (Å²) >= 11 is 0. The fraction of sp³-hybridized carbons (Fsp3) is 0.429. The van der Waals surface area contributed by atoms with Crippen molar-refractivity contribution in [2.45, 2.75) is 6.92 Å². The van der Waals surface area contributed by atoms with E-state index in [0.29, 0.717) is 5.70 Å². The van der Waals surface area contributed by atoms with Crippen LogP contribution in [0.2, 0.25) is 0 Å². The van der Waals surface area contributed by atoms with Crippen molar-refractivity contribution in [2.75, 3.05) is 12.8 Å². The van der Waals surface area contributed by atoms with E-state index in [1.807, 2.05) is 6.92 Å². The van der Waals surface area contributed by atoms with Crippen LogP contribution in [-0.4, -0.2) is 21.2 Å². The second-order valence-electron chi connectivity index (χ2n) is 2.85. The van der Waals surface area contributed by atoms with Gasteiger partial charge in [-0.25, -0.2) is 8.42 Å². The zero-order valence-electron chi connectivity index (χ0n) is 7.09. The molecule has 1 aliphatic heterocycles. The monoisotopic (exact) mass is 188 g/mol. The number of dihydropyridines is 1. The number of sulfonamides is 1. The predicted molar refractivity (Wildman–Crippen MR) is 47.8 cm³/mol. The average molecular weight is 188 g/mol. The minimum absolute atomic E-state index is 0.584. The van der Waals surface area contributed by atoms with Gasteiger partial charge in [-0.3, -0.25) is 4.72 Å². The van der Waals surface area contributed by atoms with Gasteiger partial charge < -0.3 is 5.32 Å². The molecule has 0 saturated heterocycles. The largest absolute Gasteiger partial charge is 0.385 e. The van der Waals surface area contributed by atoms with Crippen LogP contribution in [0.3, 0.4) is 0 Å². The van der Waals surface area contributed by atoms with E-state index in [4.69, 9.17) is 0 Å². The molecule has 0 spiro atoms. The van der Waals surface area contributed by atoms with Gasteiger partial charge in [0.15, 0.2) is 0 Å². The number of hydrogen-bond donors (Lipinski definition) is 2. The molecule has 0 atom stereocenters. The Hall–Kier alpha value is -0.970. The van der Waals surface area contributed by atoms with Gasteiger partial charge in [-0.1, -0.05) is 5.57 Å². The number of nitrogens with one attached hydrogen (secondary N) is 2. The van der Waals surface area contributed by atoms with Gasteiger partial charge in [-0.05, 0) is 13.0 Å². The molecule has 1 heterocycles. The van der Waals surface area contributed by atoms with Crippen LogP contribution in [-0.2, 0) is 10.0 Å². The first-order valence-electron chi connectivity index (χ1n) is 3.56. The number of hydrogen-bond acceptors (Lipinski definition) is 3. The van der Waals surface area contributed by atoms with Gasteiger partial charge in [0.2, 0.25) is 10.0 Å². The van der Waals surface area contributed by atoms with E-state index in [1.54, 1.807) is 12.3 Å². The van der Waals surface area contributed by atoms with Crippen LogP contribution < -0.4 is 10.0 Å². The fourth-order valence-corrected chi connectivity index (χ4v) is 1.50. The quantitative estimate of drug-likeness (QED) is 0.637. The van der Waals surface area contributed by atoms with Crippen molar-refractivity contribution < 1.29 is 8.42 Å². The third-order valence-electron chi connectivity index (χ3n) is 1.34. The van der Waals surface area contributed by atoms with Gasteiger partial charge in [-0.15, -0.1) is 0 Å². The van der Waals surface area contributed by atoms with Crippen molar-refractivity contribution in [1.29, 1.82) is 0 Å².